The zero-order valence-corrected chi connectivity index (χ0v) is 28.2. The lowest BCUT2D eigenvalue weighted by Gasteiger charge is -2.15. The minimum absolute atomic E-state index is 0.993. The van der Waals surface area contributed by atoms with Gasteiger partial charge in [-0.25, -0.2) is 9.97 Å². The van der Waals surface area contributed by atoms with Gasteiger partial charge >= 0.3 is 0 Å². The predicted molar refractivity (Wildman–Crippen MR) is 214 cm³/mol. The third-order valence-corrected chi connectivity index (χ3v) is 11.3. The Kier molecular flexibility index (Phi) is 6.09. The molecule has 4 nitrogen and oxygen atoms in total. The van der Waals surface area contributed by atoms with Gasteiger partial charge in [0.2, 0.25) is 0 Å². The molecule has 0 unspecified atom stereocenters. The first kappa shape index (κ1) is 28.3. The number of aromatic nitrogens is 4. The van der Waals surface area contributed by atoms with Gasteiger partial charge in [-0.05, 0) is 64.7 Å². The highest BCUT2D eigenvalue weighted by Gasteiger charge is 2.27. The van der Waals surface area contributed by atoms with Crippen LogP contribution in [0.15, 0.2) is 170 Å². The van der Waals surface area contributed by atoms with Crippen LogP contribution in [-0.2, 0) is 0 Å². The van der Waals surface area contributed by atoms with Crippen LogP contribution in [-0.4, -0.2) is 19.1 Å². The van der Waals surface area contributed by atoms with E-state index in [4.69, 9.17) is 4.98 Å². The molecule has 11 rings (SSSR count). The van der Waals surface area contributed by atoms with Crippen molar-refractivity contribution in [1.82, 2.24) is 19.1 Å². The second kappa shape index (κ2) is 11.0. The first-order valence-corrected chi connectivity index (χ1v) is 18.0. The molecule has 11 aromatic rings. The van der Waals surface area contributed by atoms with Crippen LogP contribution < -0.4 is 0 Å². The number of benzene rings is 7. The molecule has 0 bridgehead atoms. The minimum atomic E-state index is 0.993. The topological polar surface area (TPSA) is 35.6 Å². The summed E-state index contributed by atoms with van der Waals surface area (Å²) in [6.07, 6.45) is 3.66. The highest BCUT2D eigenvalue weighted by atomic mass is 32.1. The summed E-state index contributed by atoms with van der Waals surface area (Å²) in [6, 6.07) is 56.9. The summed E-state index contributed by atoms with van der Waals surface area (Å²) in [5, 5.41) is 6.08. The van der Waals surface area contributed by atoms with Crippen LogP contribution in [0.5, 0.6) is 0 Å². The molecule has 238 valence electrons. The summed E-state index contributed by atoms with van der Waals surface area (Å²) < 4.78 is 7.26. The Labute approximate surface area is 297 Å². The summed E-state index contributed by atoms with van der Waals surface area (Å²) in [5.41, 5.74) is 12.7. The molecule has 7 aromatic carbocycles. The third-order valence-electron chi connectivity index (χ3n) is 10.2. The zero-order chi connectivity index (χ0) is 33.5. The average molecular weight is 669 g/mol. The smallest absolute Gasteiger partial charge is 0.116 e. The lowest BCUT2D eigenvalue weighted by atomic mass is 9.98. The summed E-state index contributed by atoms with van der Waals surface area (Å²) in [4.78, 5) is 9.44. The first-order chi connectivity index (χ1) is 25.3. The monoisotopic (exact) mass is 668 g/mol. The van der Waals surface area contributed by atoms with Crippen LogP contribution in [0.3, 0.4) is 0 Å². The van der Waals surface area contributed by atoms with E-state index >= 15 is 0 Å². The van der Waals surface area contributed by atoms with Gasteiger partial charge in [-0.3, -0.25) is 0 Å². The van der Waals surface area contributed by atoms with E-state index in [1.165, 1.54) is 76.0 Å². The Morgan fingerprint density at radius 3 is 1.65 bits per heavy atom. The standard InChI is InChI=1S/C46H28N4S/c1-4-14-29(15-5-1)31-24-32(30-16-6-2-7-17-30)26-34(25-31)50-38-23-13-11-21-36(38)41-44-40(42-43-39(27-47-28-48-43)51-46(42)45(41)50)35-20-10-12-22-37(35)49(44)33-18-8-3-9-19-33/h1-28H. The van der Waals surface area contributed by atoms with Gasteiger partial charge in [-0.1, -0.05) is 115 Å². The van der Waals surface area contributed by atoms with Crippen molar-refractivity contribution in [2.24, 2.45) is 0 Å². The van der Waals surface area contributed by atoms with Crippen LogP contribution in [0.2, 0.25) is 0 Å². The van der Waals surface area contributed by atoms with Gasteiger partial charge in [0.15, 0.2) is 0 Å². The Morgan fingerprint density at radius 2 is 1.00 bits per heavy atom. The molecule has 0 amide bonds. The van der Waals surface area contributed by atoms with Gasteiger partial charge in [0.05, 0.1) is 37.0 Å². The van der Waals surface area contributed by atoms with Crippen molar-refractivity contribution >= 4 is 75.3 Å². The van der Waals surface area contributed by atoms with E-state index in [0.29, 0.717) is 0 Å². The molecule has 0 saturated carbocycles. The molecular formula is C46H28N4S. The number of rotatable bonds is 4. The Bertz CT molecular complexity index is 3060. The number of hydrogen-bond donors (Lipinski definition) is 0. The molecule has 0 saturated heterocycles. The van der Waals surface area contributed by atoms with Crippen molar-refractivity contribution in [1.29, 1.82) is 0 Å². The van der Waals surface area contributed by atoms with Crippen molar-refractivity contribution in [2.75, 3.05) is 0 Å². The predicted octanol–water partition coefficient (Wildman–Crippen LogP) is 12.4. The second-order valence-electron chi connectivity index (χ2n) is 13.0. The summed E-state index contributed by atoms with van der Waals surface area (Å²) in [5.74, 6) is 0. The van der Waals surface area contributed by atoms with Crippen LogP contribution in [0.4, 0.5) is 0 Å². The first-order valence-electron chi connectivity index (χ1n) is 17.2. The van der Waals surface area contributed by atoms with E-state index in [1.807, 2.05) is 6.20 Å². The fraction of sp³-hybridized carbons (Fsp3) is 0. The van der Waals surface area contributed by atoms with Crippen LogP contribution >= 0.6 is 11.3 Å². The van der Waals surface area contributed by atoms with E-state index in [-0.39, 0.29) is 0 Å². The van der Waals surface area contributed by atoms with E-state index in [0.717, 1.165) is 21.6 Å². The van der Waals surface area contributed by atoms with Crippen molar-refractivity contribution in [3.05, 3.63) is 170 Å². The molecule has 0 radical (unpaired) electrons. The van der Waals surface area contributed by atoms with Gasteiger partial charge in [0.1, 0.15) is 6.33 Å². The SMILES string of the molecule is c1ccc(-c2cc(-c3ccccc3)cc(-n3c4ccccc4c4c3c3sc5cncnc5c3c3c5ccccc5n(-c5ccccc5)c34)c2)cc1. The minimum Gasteiger partial charge on any atom is -0.309 e. The van der Waals surface area contributed by atoms with Crippen molar-refractivity contribution in [2.45, 2.75) is 0 Å². The number of nitrogens with zero attached hydrogens (tertiary/aromatic N) is 4. The third kappa shape index (κ3) is 4.13. The van der Waals surface area contributed by atoms with Crippen molar-refractivity contribution < 1.29 is 0 Å². The summed E-state index contributed by atoms with van der Waals surface area (Å²) in [7, 11) is 0. The second-order valence-corrected chi connectivity index (χ2v) is 14.1. The number of para-hydroxylation sites is 3. The Morgan fingerprint density at radius 1 is 0.451 bits per heavy atom. The molecule has 0 atom stereocenters. The normalized spacial score (nSPS) is 11.9. The number of hydrogen-bond acceptors (Lipinski definition) is 3. The van der Waals surface area contributed by atoms with Crippen molar-refractivity contribution in [3.8, 4) is 33.6 Å². The van der Waals surface area contributed by atoms with Gasteiger partial charge in [-0.2, -0.15) is 0 Å². The van der Waals surface area contributed by atoms with Crippen LogP contribution in [0.25, 0.3) is 97.5 Å². The lowest BCUT2D eigenvalue weighted by molar-refractivity contribution is 1.18. The Balaban J connectivity index is 1.40. The maximum atomic E-state index is 4.96. The molecule has 0 aliphatic rings. The largest absolute Gasteiger partial charge is 0.309 e. The highest BCUT2D eigenvalue weighted by molar-refractivity contribution is 7.26. The Hall–Kier alpha value is -6.56. The maximum absolute atomic E-state index is 4.96. The fourth-order valence-electron chi connectivity index (χ4n) is 8.12. The van der Waals surface area contributed by atoms with Gasteiger partial charge < -0.3 is 9.13 Å². The molecule has 5 heteroatoms. The van der Waals surface area contributed by atoms with Crippen molar-refractivity contribution in [3.63, 3.8) is 0 Å². The number of fused-ring (bicyclic) bond motifs is 12. The molecule has 51 heavy (non-hydrogen) atoms. The van der Waals surface area contributed by atoms with E-state index in [2.05, 4.69) is 172 Å². The number of thiophene rings is 1. The summed E-state index contributed by atoms with van der Waals surface area (Å²) >= 11 is 1.79. The molecule has 0 fully saturated rings. The van der Waals surface area contributed by atoms with Gasteiger partial charge in [-0.15, -0.1) is 11.3 Å². The molecule has 0 N–H and O–H groups in total. The van der Waals surface area contributed by atoms with E-state index in [1.54, 1.807) is 17.7 Å². The van der Waals surface area contributed by atoms with Gasteiger partial charge in [0, 0.05) is 44.5 Å². The van der Waals surface area contributed by atoms with Crippen LogP contribution in [0.1, 0.15) is 0 Å². The molecular weight excluding hydrogens is 641 g/mol. The fourth-order valence-corrected chi connectivity index (χ4v) is 9.29. The maximum Gasteiger partial charge on any atom is 0.116 e. The average Bonchev–Trinajstić information content (AvgIpc) is 3.87. The van der Waals surface area contributed by atoms with E-state index < -0.39 is 0 Å². The molecule has 0 aliphatic heterocycles. The molecule has 4 heterocycles. The van der Waals surface area contributed by atoms with Crippen LogP contribution in [0, 0.1) is 0 Å². The highest BCUT2D eigenvalue weighted by Crippen LogP contribution is 2.51. The zero-order valence-electron chi connectivity index (χ0n) is 27.4. The summed E-state index contributed by atoms with van der Waals surface area (Å²) in [6.45, 7) is 0. The molecule has 0 spiro atoms. The van der Waals surface area contributed by atoms with Gasteiger partial charge in [0.25, 0.3) is 0 Å². The van der Waals surface area contributed by atoms with E-state index in [9.17, 15) is 0 Å². The molecule has 4 aromatic heterocycles. The quantitative estimate of drug-likeness (QED) is 0.187. The molecule has 0 aliphatic carbocycles. The lowest BCUT2D eigenvalue weighted by Crippen LogP contribution is -1.97.